The van der Waals surface area contributed by atoms with E-state index in [0.29, 0.717) is 0 Å². The van der Waals surface area contributed by atoms with Gasteiger partial charge in [-0.25, -0.2) is 31.6 Å². The zero-order chi connectivity index (χ0) is 12.0. The Bertz CT molecular complexity index is 108. The van der Waals surface area contributed by atoms with Crippen LogP contribution >= 0.6 is 0 Å². The van der Waals surface area contributed by atoms with Gasteiger partial charge in [-0.05, 0) is 0 Å². The minimum atomic E-state index is 0. The van der Waals surface area contributed by atoms with Crippen LogP contribution in [0.3, 0.4) is 0 Å². The van der Waals surface area contributed by atoms with E-state index in [9.17, 15) is 0 Å². The molecule has 10 heteroatoms. The Hall–Kier alpha value is 1.86. The van der Waals surface area contributed by atoms with Gasteiger partial charge >= 0.3 is 120 Å². The van der Waals surface area contributed by atoms with Crippen molar-refractivity contribution in [2.45, 2.75) is 0 Å². The molecule has 0 aliphatic carbocycles. The first kappa shape index (κ1) is 82.2. The van der Waals surface area contributed by atoms with Crippen LogP contribution in [0.1, 0.15) is 0 Å². The predicted molar refractivity (Wildman–Crippen MR) is 54.3 cm³/mol. The van der Waals surface area contributed by atoms with Gasteiger partial charge in [0.1, 0.15) is 0 Å². The third-order valence-corrected chi connectivity index (χ3v) is 0. The maximum atomic E-state index is 6.50. The average Bonchev–Trinajstić information content (AvgIpc) is 2.33. The molecule has 0 saturated carbocycles. The van der Waals surface area contributed by atoms with Crippen LogP contribution in [0.2, 0.25) is 0 Å². The van der Waals surface area contributed by atoms with Gasteiger partial charge in [-0.1, -0.05) is 0 Å². The van der Waals surface area contributed by atoms with Crippen LogP contribution in [0.15, 0.2) is 0 Å². The summed E-state index contributed by atoms with van der Waals surface area (Å²) >= 11 is 0. The quantitative estimate of drug-likeness (QED) is 0.467. The van der Waals surface area contributed by atoms with E-state index in [1.165, 1.54) is 0 Å². The molecule has 0 bridgehead atoms. The summed E-state index contributed by atoms with van der Waals surface area (Å²) in [6.07, 6.45) is 0. The fourth-order valence-electron chi connectivity index (χ4n) is 0. The summed E-state index contributed by atoms with van der Waals surface area (Å²) in [4.78, 5) is 0. The Labute approximate surface area is 224 Å². The van der Waals surface area contributed by atoms with Crippen molar-refractivity contribution in [3.05, 3.63) is 0 Å². The fraction of sp³-hybridized carbons (Fsp3) is 0. The van der Waals surface area contributed by atoms with Crippen molar-refractivity contribution in [1.29, 1.82) is 31.6 Å². The van der Waals surface area contributed by atoms with Crippen LogP contribution < -0.4 is 0 Å². The van der Waals surface area contributed by atoms with Crippen LogP contribution in [0.4, 0.5) is 0 Å². The summed E-state index contributed by atoms with van der Waals surface area (Å²) in [5.74, 6) is 0. The van der Waals surface area contributed by atoms with Crippen LogP contribution in [-0.2, 0) is 38.8 Å². The molecule has 0 atom stereocenters. The predicted octanol–water partition coefficient (Wildman–Crippen LogP) is -0.463. The number of hydrogen-bond donors (Lipinski definition) is 0. The summed E-state index contributed by atoms with van der Waals surface area (Å²) in [6.45, 7) is 21.0. The van der Waals surface area contributed by atoms with E-state index in [-0.39, 0.29) is 159 Å². The van der Waals surface area contributed by atoms with Gasteiger partial charge in [0, 0.05) is 78.2 Å². The number of nitrogens with zero attached hydrogens (tertiary/aromatic N) is 6. The number of rotatable bonds is 0. The van der Waals surface area contributed by atoms with Crippen LogP contribution in [-0.4, -0.2) is 120 Å². The van der Waals surface area contributed by atoms with Crippen molar-refractivity contribution < 1.29 is 38.8 Å². The number of nitriles is 6. The van der Waals surface area contributed by atoms with Gasteiger partial charge in [-0.3, -0.25) is 0 Å². The molecule has 0 aromatic rings. The Morgan fingerprint density at radius 3 is 0.438 bits per heavy atom. The molecule has 0 fully saturated rings. The van der Waals surface area contributed by atoms with Gasteiger partial charge < -0.3 is 0 Å². The first-order chi connectivity index (χ1) is 6.00. The molecule has 0 aliphatic heterocycles. The van der Waals surface area contributed by atoms with E-state index < -0.39 is 0 Å². The minimum absolute atomic E-state index is 0. The van der Waals surface area contributed by atoms with Crippen molar-refractivity contribution >= 4 is 120 Å². The first-order valence-electron chi connectivity index (χ1n) is 1.55. The van der Waals surface area contributed by atoms with Gasteiger partial charge in [-0.15, -0.1) is 0 Å². The molecule has 6 nitrogen and oxygen atoms in total. The molecule has 0 unspecified atom stereocenters. The van der Waals surface area contributed by atoms with E-state index in [1.54, 1.807) is 0 Å². The summed E-state index contributed by atoms with van der Waals surface area (Å²) in [6, 6.07) is 0. The zero-order valence-corrected chi connectivity index (χ0v) is 9.67. The first-order valence-corrected chi connectivity index (χ1v) is 1.55. The Balaban J connectivity index is -0.00000000321. The molecule has 0 spiro atoms. The van der Waals surface area contributed by atoms with Crippen molar-refractivity contribution in [1.82, 2.24) is 0 Å². The molecule has 0 aromatic carbocycles. The molecule has 76 valence electrons. The molecule has 0 heterocycles. The molecule has 0 radical (unpaired) electrons. The molecule has 0 rings (SSSR count). The van der Waals surface area contributed by atoms with Crippen molar-refractivity contribution in [2.24, 2.45) is 0 Å². The molecular weight excluding hydrogens is 432 g/mol. The van der Waals surface area contributed by atoms with E-state index in [4.69, 9.17) is 31.6 Å². The van der Waals surface area contributed by atoms with Crippen LogP contribution in [0.5, 0.6) is 0 Å². The largest absolute Gasteiger partial charge is 0 e. The standard InChI is InChI=1S/6CHN.Cs.Fe.K.Ti.2H/c6*1-2;;;;;;/h6*1H;;;;;;. The van der Waals surface area contributed by atoms with E-state index in [0.717, 1.165) is 0 Å². The van der Waals surface area contributed by atoms with Crippen LogP contribution in [0.25, 0.3) is 0 Å². The third-order valence-electron chi connectivity index (χ3n) is 0. The van der Waals surface area contributed by atoms with E-state index in [1.807, 2.05) is 0 Å². The van der Waals surface area contributed by atoms with Crippen molar-refractivity contribution in [3.63, 3.8) is 0 Å². The molecular formula is C6H8CsFeKN6Ti. The normalized spacial score (nSPS) is 0.750. The monoisotopic (exact) mass is 440 g/mol. The van der Waals surface area contributed by atoms with Gasteiger partial charge in [0.25, 0.3) is 0 Å². The van der Waals surface area contributed by atoms with Gasteiger partial charge in [0.15, 0.2) is 0 Å². The molecule has 16 heavy (non-hydrogen) atoms. The second-order valence-electron chi connectivity index (χ2n) is 0. The Morgan fingerprint density at radius 1 is 0.438 bits per heavy atom. The van der Waals surface area contributed by atoms with Gasteiger partial charge in [0.05, 0.1) is 0 Å². The average molecular weight is 440 g/mol. The smallest absolute Gasteiger partial charge is 0 e. The zero-order valence-electron chi connectivity index (χ0n) is 7.00. The van der Waals surface area contributed by atoms with E-state index >= 15 is 0 Å². The number of hydrogen-bond acceptors (Lipinski definition) is 6. The Kier molecular flexibility index (Phi) is 6280. The molecule has 0 N–H and O–H groups in total. The summed E-state index contributed by atoms with van der Waals surface area (Å²) < 4.78 is 0. The summed E-state index contributed by atoms with van der Waals surface area (Å²) in [5, 5.41) is 39.0. The molecule has 0 aliphatic rings. The molecule has 0 amide bonds. The van der Waals surface area contributed by atoms with Gasteiger partial charge in [-0.2, -0.15) is 0 Å². The second-order valence-corrected chi connectivity index (χ2v) is 0. The summed E-state index contributed by atoms with van der Waals surface area (Å²) in [5.41, 5.74) is 0. The maximum absolute atomic E-state index is 6.50. The maximum Gasteiger partial charge on any atom is 0 e. The topological polar surface area (TPSA) is 143 Å². The summed E-state index contributed by atoms with van der Waals surface area (Å²) in [7, 11) is 0. The van der Waals surface area contributed by atoms with E-state index in [2.05, 4.69) is 39.4 Å². The van der Waals surface area contributed by atoms with Crippen molar-refractivity contribution in [2.75, 3.05) is 0 Å². The minimum Gasteiger partial charge on any atom is 0 e. The molecule has 0 saturated heterocycles. The molecule has 0 aromatic heterocycles. The SMILES string of the molecule is C#N.C#N.C#N.C#N.C#N.C#N.[CsH].[Fe].[KH].[Ti]. The van der Waals surface area contributed by atoms with Crippen molar-refractivity contribution in [3.8, 4) is 39.4 Å². The third kappa shape index (κ3) is 1010. The Morgan fingerprint density at radius 2 is 0.438 bits per heavy atom. The van der Waals surface area contributed by atoms with Crippen LogP contribution in [0, 0.1) is 71.0 Å². The fourth-order valence-corrected chi connectivity index (χ4v) is 0. The second kappa shape index (κ2) is 1220. The van der Waals surface area contributed by atoms with Gasteiger partial charge in [0.2, 0.25) is 0 Å².